The van der Waals surface area contributed by atoms with E-state index >= 15 is 0 Å². The number of unbranched alkanes of at least 4 members (excludes halogenated alkanes) is 1. The lowest BCUT2D eigenvalue weighted by molar-refractivity contribution is 0.0950. The Bertz CT molecular complexity index is 702. The smallest absolute Gasteiger partial charge is 0.291 e. The zero-order chi connectivity index (χ0) is 16.8. The zero-order valence-corrected chi connectivity index (χ0v) is 13.8. The average Bonchev–Trinajstić information content (AvgIpc) is 3.33. The first kappa shape index (κ1) is 16.2. The summed E-state index contributed by atoms with van der Waals surface area (Å²) in [6, 6.07) is 9.39. The lowest BCUT2D eigenvalue weighted by Gasteiger charge is -2.04. The van der Waals surface area contributed by atoms with Crippen LogP contribution in [0.3, 0.4) is 0 Å². The Labute approximate surface area is 141 Å². The number of hydrazone groups is 1. The summed E-state index contributed by atoms with van der Waals surface area (Å²) in [6.45, 7) is 2.86. The number of nitrogens with one attached hydrogen (secondary N) is 2. The van der Waals surface area contributed by atoms with Crippen molar-refractivity contribution >= 4 is 12.1 Å². The normalized spacial score (nSPS) is 14.0. The van der Waals surface area contributed by atoms with E-state index in [1.807, 2.05) is 24.3 Å². The molecule has 0 saturated heterocycles. The molecule has 6 nitrogen and oxygen atoms in total. The molecule has 1 amide bonds. The van der Waals surface area contributed by atoms with Gasteiger partial charge in [0.2, 0.25) is 0 Å². The Hall–Kier alpha value is -2.63. The maximum atomic E-state index is 12.0. The Morgan fingerprint density at radius 2 is 2.21 bits per heavy atom. The van der Waals surface area contributed by atoms with Crippen LogP contribution in [0.2, 0.25) is 0 Å². The van der Waals surface area contributed by atoms with Gasteiger partial charge in [0.15, 0.2) is 5.69 Å². The summed E-state index contributed by atoms with van der Waals surface area (Å²) in [4.78, 5) is 12.0. The van der Waals surface area contributed by atoms with E-state index in [1.165, 1.54) is 12.8 Å². The molecule has 2 aromatic rings. The maximum absolute atomic E-state index is 12.0. The van der Waals surface area contributed by atoms with Crippen molar-refractivity contribution in [3.05, 3.63) is 47.3 Å². The molecule has 0 spiro atoms. The fourth-order valence-corrected chi connectivity index (χ4v) is 2.26. The van der Waals surface area contributed by atoms with E-state index < -0.39 is 0 Å². The molecule has 0 unspecified atom stereocenters. The predicted molar refractivity (Wildman–Crippen MR) is 92.5 cm³/mol. The molecule has 2 N–H and O–H groups in total. The number of rotatable bonds is 8. The van der Waals surface area contributed by atoms with Crippen LogP contribution < -0.4 is 10.2 Å². The molecule has 24 heavy (non-hydrogen) atoms. The SMILES string of the molecule is CCCCOc1ccc(/C=N\NC(=O)c2cc(C3CC3)[nH]n2)cc1. The highest BCUT2D eigenvalue weighted by atomic mass is 16.5. The topological polar surface area (TPSA) is 79.4 Å². The molecule has 3 rings (SSSR count). The van der Waals surface area contributed by atoms with Crippen LogP contribution >= 0.6 is 0 Å². The third-order valence-corrected chi connectivity index (χ3v) is 3.87. The fraction of sp³-hybridized carbons (Fsp3) is 0.389. The molecule has 126 valence electrons. The quantitative estimate of drug-likeness (QED) is 0.444. The van der Waals surface area contributed by atoms with Crippen LogP contribution in [0.15, 0.2) is 35.4 Å². The van der Waals surface area contributed by atoms with Crippen molar-refractivity contribution in [2.75, 3.05) is 6.61 Å². The zero-order valence-electron chi connectivity index (χ0n) is 13.8. The van der Waals surface area contributed by atoms with Gasteiger partial charge in [0.1, 0.15) is 5.75 Å². The Morgan fingerprint density at radius 3 is 2.92 bits per heavy atom. The Balaban J connectivity index is 1.48. The molecule has 1 aromatic heterocycles. The third kappa shape index (κ3) is 4.44. The Morgan fingerprint density at radius 1 is 1.42 bits per heavy atom. The van der Waals surface area contributed by atoms with Crippen LogP contribution in [-0.2, 0) is 0 Å². The van der Waals surface area contributed by atoms with Gasteiger partial charge >= 0.3 is 0 Å². The highest BCUT2D eigenvalue weighted by molar-refractivity contribution is 5.93. The molecule has 0 atom stereocenters. The van der Waals surface area contributed by atoms with Crippen LogP contribution in [0.4, 0.5) is 0 Å². The first-order valence-corrected chi connectivity index (χ1v) is 8.38. The summed E-state index contributed by atoms with van der Waals surface area (Å²) in [6.07, 6.45) is 6.09. The summed E-state index contributed by atoms with van der Waals surface area (Å²) in [5, 5.41) is 10.9. The molecule has 1 aliphatic carbocycles. The van der Waals surface area contributed by atoms with Crippen molar-refractivity contribution < 1.29 is 9.53 Å². The first-order valence-electron chi connectivity index (χ1n) is 8.38. The molecule has 1 fully saturated rings. The summed E-state index contributed by atoms with van der Waals surface area (Å²) < 4.78 is 5.60. The lowest BCUT2D eigenvalue weighted by atomic mass is 10.2. The highest BCUT2D eigenvalue weighted by Gasteiger charge is 2.26. The first-order chi connectivity index (χ1) is 11.8. The summed E-state index contributed by atoms with van der Waals surface area (Å²) in [7, 11) is 0. The van der Waals surface area contributed by atoms with E-state index in [9.17, 15) is 4.79 Å². The minimum Gasteiger partial charge on any atom is -0.494 e. The van der Waals surface area contributed by atoms with Gasteiger partial charge in [-0.05, 0) is 55.2 Å². The number of carbonyl (C=O) groups excluding carboxylic acids is 1. The van der Waals surface area contributed by atoms with Gasteiger partial charge in [0.25, 0.3) is 5.91 Å². The second-order valence-corrected chi connectivity index (χ2v) is 5.95. The largest absolute Gasteiger partial charge is 0.494 e. The van der Waals surface area contributed by atoms with Crippen LogP contribution in [0, 0.1) is 0 Å². The van der Waals surface area contributed by atoms with Gasteiger partial charge in [-0.2, -0.15) is 10.2 Å². The third-order valence-electron chi connectivity index (χ3n) is 3.87. The summed E-state index contributed by atoms with van der Waals surface area (Å²) in [5.41, 5.74) is 4.78. The highest BCUT2D eigenvalue weighted by Crippen LogP contribution is 2.38. The van der Waals surface area contributed by atoms with Crippen molar-refractivity contribution in [2.24, 2.45) is 5.10 Å². The Kier molecular flexibility index (Phi) is 5.25. The van der Waals surface area contributed by atoms with Gasteiger partial charge in [0.05, 0.1) is 12.8 Å². The van der Waals surface area contributed by atoms with E-state index in [0.717, 1.165) is 36.5 Å². The number of benzene rings is 1. The van der Waals surface area contributed by atoms with Gasteiger partial charge in [-0.15, -0.1) is 0 Å². The van der Waals surface area contributed by atoms with Gasteiger partial charge < -0.3 is 4.74 Å². The van der Waals surface area contributed by atoms with E-state index in [1.54, 1.807) is 12.3 Å². The van der Waals surface area contributed by atoms with Crippen molar-refractivity contribution in [2.45, 2.75) is 38.5 Å². The molecule has 1 aliphatic rings. The second-order valence-electron chi connectivity index (χ2n) is 5.95. The van der Waals surface area contributed by atoms with Crippen LogP contribution in [-0.4, -0.2) is 28.9 Å². The fourth-order valence-electron chi connectivity index (χ4n) is 2.26. The van der Waals surface area contributed by atoms with Crippen molar-refractivity contribution in [1.29, 1.82) is 0 Å². The van der Waals surface area contributed by atoms with E-state index in [-0.39, 0.29) is 5.91 Å². The number of nitrogens with zero attached hydrogens (tertiary/aromatic N) is 2. The number of hydrogen-bond acceptors (Lipinski definition) is 4. The minimum absolute atomic E-state index is 0.311. The molecule has 0 bridgehead atoms. The summed E-state index contributed by atoms with van der Waals surface area (Å²) in [5.74, 6) is 1.07. The minimum atomic E-state index is -0.311. The van der Waals surface area contributed by atoms with Gasteiger partial charge in [-0.25, -0.2) is 5.43 Å². The van der Waals surface area contributed by atoms with Crippen LogP contribution in [0.25, 0.3) is 0 Å². The lowest BCUT2D eigenvalue weighted by Crippen LogP contribution is -2.18. The van der Waals surface area contributed by atoms with Crippen molar-refractivity contribution in [1.82, 2.24) is 15.6 Å². The number of aromatic amines is 1. The maximum Gasteiger partial charge on any atom is 0.291 e. The molecule has 6 heteroatoms. The molecule has 0 aliphatic heterocycles. The number of H-pyrrole nitrogens is 1. The standard InChI is InChI=1S/C18H22N4O2/c1-2-3-10-24-15-8-4-13(5-9-15)12-19-22-18(23)17-11-16(20-21-17)14-6-7-14/h4-5,8-9,11-12,14H,2-3,6-7,10H2,1H3,(H,20,21)(H,22,23)/b19-12-. The van der Waals surface area contributed by atoms with Crippen molar-refractivity contribution in [3.63, 3.8) is 0 Å². The van der Waals surface area contributed by atoms with Gasteiger partial charge in [-0.3, -0.25) is 9.89 Å². The summed E-state index contributed by atoms with van der Waals surface area (Å²) >= 11 is 0. The van der Waals surface area contributed by atoms with E-state index in [2.05, 4.69) is 27.6 Å². The van der Waals surface area contributed by atoms with Crippen LogP contribution in [0.5, 0.6) is 5.75 Å². The van der Waals surface area contributed by atoms with Gasteiger partial charge in [-0.1, -0.05) is 13.3 Å². The van der Waals surface area contributed by atoms with Crippen LogP contribution in [0.1, 0.15) is 60.3 Å². The monoisotopic (exact) mass is 326 g/mol. The number of ether oxygens (including phenoxy) is 1. The van der Waals surface area contributed by atoms with E-state index in [0.29, 0.717) is 11.6 Å². The molecular weight excluding hydrogens is 304 g/mol. The predicted octanol–water partition coefficient (Wildman–Crippen LogP) is 3.23. The molecular formula is C18H22N4O2. The van der Waals surface area contributed by atoms with E-state index in [4.69, 9.17) is 4.74 Å². The molecule has 1 heterocycles. The van der Waals surface area contributed by atoms with Crippen molar-refractivity contribution in [3.8, 4) is 5.75 Å². The molecule has 0 radical (unpaired) electrons. The molecule has 1 aromatic carbocycles. The average molecular weight is 326 g/mol. The number of amides is 1. The number of hydrogen-bond donors (Lipinski definition) is 2. The number of aromatic nitrogens is 2. The number of carbonyl (C=O) groups is 1. The van der Waals surface area contributed by atoms with Gasteiger partial charge in [0, 0.05) is 11.6 Å². The second kappa shape index (κ2) is 7.77. The molecule has 1 saturated carbocycles.